The minimum absolute atomic E-state index is 0.0162. The van der Waals surface area contributed by atoms with E-state index >= 15 is 0 Å². The zero-order chi connectivity index (χ0) is 17.4. The third kappa shape index (κ3) is 3.87. The number of thiophene rings is 1. The summed E-state index contributed by atoms with van der Waals surface area (Å²) in [5.74, 6) is 0. The molecule has 2 rings (SSSR count). The first-order valence-corrected chi connectivity index (χ1v) is 8.59. The molecule has 0 atom stereocenters. The minimum Gasteiger partial charge on any atom is -0.257 e. The van der Waals surface area contributed by atoms with Gasteiger partial charge in [0.2, 0.25) is 10.9 Å². The summed E-state index contributed by atoms with van der Waals surface area (Å²) in [6.45, 7) is 5.11. The number of nitrogens with zero attached hydrogens (tertiary/aromatic N) is 1. The van der Waals surface area contributed by atoms with Crippen LogP contribution in [0.4, 0.5) is 18.2 Å². The highest BCUT2D eigenvalue weighted by Crippen LogP contribution is 2.42. The van der Waals surface area contributed by atoms with Gasteiger partial charge in [-0.15, -0.1) is 11.3 Å². The lowest BCUT2D eigenvalue weighted by molar-refractivity contribution is -0.137. The number of hydrogen-bond acceptors (Lipinski definition) is 3. The highest BCUT2D eigenvalue weighted by molar-refractivity contribution is 7.74. The Morgan fingerprint density at radius 2 is 1.74 bits per heavy atom. The molecule has 0 saturated carbocycles. The van der Waals surface area contributed by atoms with Gasteiger partial charge in [-0.3, -0.25) is 4.31 Å². The van der Waals surface area contributed by atoms with E-state index in [4.69, 9.17) is 0 Å². The fourth-order valence-electron chi connectivity index (χ4n) is 2.10. The van der Waals surface area contributed by atoms with E-state index in [1.54, 1.807) is 20.8 Å². The van der Waals surface area contributed by atoms with Crippen LogP contribution in [0.15, 0.2) is 30.3 Å². The molecule has 8 heteroatoms. The van der Waals surface area contributed by atoms with Gasteiger partial charge in [0.25, 0.3) is 0 Å². The Bertz CT molecular complexity index is 766. The van der Waals surface area contributed by atoms with Crippen LogP contribution in [-0.2, 0) is 17.1 Å². The van der Waals surface area contributed by atoms with Gasteiger partial charge in [0.05, 0.1) is 5.56 Å². The van der Waals surface area contributed by atoms with Gasteiger partial charge in [0.15, 0.2) is 0 Å². The van der Waals surface area contributed by atoms with Crippen LogP contribution in [-0.4, -0.2) is 14.0 Å². The summed E-state index contributed by atoms with van der Waals surface area (Å²) in [7, 11) is -2.92. The quantitative estimate of drug-likeness (QED) is 0.824. The minimum atomic E-state index is -4.48. The predicted molar refractivity (Wildman–Crippen MR) is 86.1 cm³/mol. The fraction of sp³-hybridized carbons (Fsp3) is 0.333. The van der Waals surface area contributed by atoms with Crippen molar-refractivity contribution in [2.45, 2.75) is 32.5 Å². The summed E-state index contributed by atoms with van der Waals surface area (Å²) in [5, 5.41) is 0.264. The lowest BCUT2D eigenvalue weighted by atomic mass is 10.1. The molecule has 0 aliphatic heterocycles. The van der Waals surface area contributed by atoms with Gasteiger partial charge in [-0.05, 0) is 32.9 Å². The number of halogens is 3. The standard InChI is InChI=1S/C15H15F3NO2S2/c1-14(2,3)19(23(20)21)13-9-8-12(22-13)10-6-4-5-7-11(10)15(16,17)18/h4-8,23H,1-3H3. The van der Waals surface area contributed by atoms with Crippen LogP contribution in [0.25, 0.3) is 10.4 Å². The van der Waals surface area contributed by atoms with Crippen molar-refractivity contribution < 1.29 is 21.6 Å². The Morgan fingerprint density at radius 1 is 1.13 bits per heavy atom. The smallest absolute Gasteiger partial charge is 0.257 e. The van der Waals surface area contributed by atoms with E-state index in [-0.39, 0.29) is 10.6 Å². The van der Waals surface area contributed by atoms with Gasteiger partial charge < -0.3 is 0 Å². The van der Waals surface area contributed by atoms with Crippen molar-refractivity contribution in [3.63, 3.8) is 0 Å². The molecule has 125 valence electrons. The summed E-state index contributed by atoms with van der Waals surface area (Å²) in [6.07, 6.45) is -4.48. The molecule has 23 heavy (non-hydrogen) atoms. The maximum Gasteiger partial charge on any atom is 0.417 e. The lowest BCUT2D eigenvalue weighted by Gasteiger charge is -2.30. The molecule has 1 radical (unpaired) electrons. The molecule has 0 aliphatic rings. The number of alkyl halides is 3. The van der Waals surface area contributed by atoms with Crippen molar-refractivity contribution in [2.75, 3.05) is 4.31 Å². The summed E-state index contributed by atoms with van der Waals surface area (Å²) in [4.78, 5) is 0.319. The number of thiol groups is 1. The van der Waals surface area contributed by atoms with E-state index in [0.717, 1.165) is 21.7 Å². The molecular weight excluding hydrogens is 347 g/mol. The Labute approximate surface area is 138 Å². The Morgan fingerprint density at radius 3 is 2.26 bits per heavy atom. The second-order valence-electron chi connectivity index (χ2n) is 5.82. The Kier molecular flexibility index (Phi) is 4.77. The van der Waals surface area contributed by atoms with Gasteiger partial charge in [-0.2, -0.15) is 13.2 Å². The highest BCUT2D eigenvalue weighted by atomic mass is 32.2. The maximum atomic E-state index is 13.1. The molecule has 0 amide bonds. The van der Waals surface area contributed by atoms with Gasteiger partial charge >= 0.3 is 6.18 Å². The summed E-state index contributed by atoms with van der Waals surface area (Å²) < 4.78 is 63.4. The first kappa shape index (κ1) is 17.8. The van der Waals surface area contributed by atoms with Gasteiger partial charge in [0, 0.05) is 22.0 Å². The SMILES string of the molecule is CC(C)(C)N(c1[c]cc(-c2ccccc2C(F)(F)F)s1)[SH](=O)=O. The topological polar surface area (TPSA) is 37.4 Å². The average Bonchev–Trinajstić information content (AvgIpc) is 2.84. The molecule has 0 saturated heterocycles. The number of hydrogen-bond donors (Lipinski definition) is 1. The zero-order valence-corrected chi connectivity index (χ0v) is 14.4. The predicted octanol–water partition coefficient (Wildman–Crippen LogP) is 4.37. The molecule has 1 aromatic heterocycles. The van der Waals surface area contributed by atoms with Crippen LogP contribution < -0.4 is 4.31 Å². The van der Waals surface area contributed by atoms with Crippen LogP contribution in [0.3, 0.4) is 0 Å². The van der Waals surface area contributed by atoms with Crippen molar-refractivity contribution in [1.29, 1.82) is 0 Å². The second-order valence-corrected chi connectivity index (χ2v) is 7.73. The molecule has 1 aromatic carbocycles. The third-order valence-corrected chi connectivity index (χ3v) is 5.34. The van der Waals surface area contributed by atoms with Crippen molar-refractivity contribution in [1.82, 2.24) is 0 Å². The third-order valence-electron chi connectivity index (χ3n) is 3.02. The monoisotopic (exact) mass is 362 g/mol. The Balaban J connectivity index is 2.53. The van der Waals surface area contributed by atoms with Crippen molar-refractivity contribution >= 4 is 27.2 Å². The van der Waals surface area contributed by atoms with E-state index in [2.05, 4.69) is 6.07 Å². The molecular formula is C15H15F3NO2S2. The molecule has 0 unspecified atom stereocenters. The highest BCUT2D eigenvalue weighted by Gasteiger charge is 2.34. The van der Waals surface area contributed by atoms with Crippen molar-refractivity contribution in [2.24, 2.45) is 0 Å². The molecule has 0 spiro atoms. The molecule has 0 aliphatic carbocycles. The maximum absolute atomic E-state index is 13.1. The molecule has 0 bridgehead atoms. The zero-order valence-electron chi connectivity index (χ0n) is 12.6. The van der Waals surface area contributed by atoms with E-state index in [9.17, 15) is 21.6 Å². The summed E-state index contributed by atoms with van der Waals surface area (Å²) in [6, 6.07) is 9.36. The van der Waals surface area contributed by atoms with Crippen LogP contribution in [0.1, 0.15) is 26.3 Å². The van der Waals surface area contributed by atoms with E-state index in [1.165, 1.54) is 24.3 Å². The van der Waals surface area contributed by atoms with Crippen LogP contribution in [0.2, 0.25) is 0 Å². The molecule has 0 N–H and O–H groups in total. The van der Waals surface area contributed by atoms with Crippen LogP contribution >= 0.6 is 11.3 Å². The number of anilines is 1. The lowest BCUT2D eigenvalue weighted by Crippen LogP contribution is -2.39. The molecule has 3 nitrogen and oxygen atoms in total. The van der Waals surface area contributed by atoms with Crippen molar-refractivity contribution in [3.8, 4) is 10.4 Å². The van der Waals surface area contributed by atoms with Crippen LogP contribution in [0.5, 0.6) is 0 Å². The van der Waals surface area contributed by atoms with Gasteiger partial charge in [0.1, 0.15) is 5.00 Å². The van der Waals surface area contributed by atoms with E-state index < -0.39 is 28.2 Å². The van der Waals surface area contributed by atoms with E-state index in [0.29, 0.717) is 4.88 Å². The average molecular weight is 362 g/mol. The molecule has 1 heterocycles. The van der Waals surface area contributed by atoms with Crippen molar-refractivity contribution in [3.05, 3.63) is 42.0 Å². The van der Waals surface area contributed by atoms with Gasteiger partial charge in [-0.25, -0.2) is 8.42 Å². The number of rotatable bonds is 3. The fourth-order valence-corrected chi connectivity index (χ4v) is 4.21. The first-order valence-electron chi connectivity index (χ1n) is 6.64. The molecule has 0 fully saturated rings. The number of benzene rings is 1. The largest absolute Gasteiger partial charge is 0.417 e. The van der Waals surface area contributed by atoms with Gasteiger partial charge in [-0.1, -0.05) is 18.2 Å². The van der Waals surface area contributed by atoms with Crippen LogP contribution in [0, 0.1) is 6.07 Å². The normalized spacial score (nSPS) is 12.7. The second kappa shape index (κ2) is 6.16. The van der Waals surface area contributed by atoms with E-state index in [1.807, 2.05) is 0 Å². The first-order chi connectivity index (χ1) is 10.5. The Hall–Kier alpha value is -1.54. The summed E-state index contributed by atoms with van der Waals surface area (Å²) >= 11 is 0.966. The summed E-state index contributed by atoms with van der Waals surface area (Å²) in [5.41, 5.74) is -1.46. The molecule has 2 aromatic rings.